The summed E-state index contributed by atoms with van der Waals surface area (Å²) < 4.78 is 0. The van der Waals surface area contributed by atoms with Crippen LogP contribution in [0, 0.1) is 0 Å². The van der Waals surface area contributed by atoms with Gasteiger partial charge in [-0.1, -0.05) is 23.7 Å². The first-order chi connectivity index (χ1) is 13.1. The van der Waals surface area contributed by atoms with Crippen LogP contribution in [0.5, 0.6) is 0 Å². The number of aromatic amines is 1. The minimum Gasteiger partial charge on any atom is -0.322 e. The van der Waals surface area contributed by atoms with E-state index in [9.17, 15) is 9.59 Å². The Morgan fingerprint density at radius 2 is 1.63 bits per heavy atom. The molecule has 0 spiro atoms. The number of nitrogens with zero attached hydrogens (tertiary/aromatic N) is 1. The molecule has 0 aliphatic rings. The molecular formula is C21H14ClN3O2. The smallest absolute Gasteiger partial charge is 0.259 e. The number of halogens is 1. The lowest BCUT2D eigenvalue weighted by atomic mass is 10.1. The molecule has 1 heterocycles. The Balaban J connectivity index is 1.58. The van der Waals surface area contributed by atoms with Gasteiger partial charge in [0.15, 0.2) is 0 Å². The molecule has 0 bridgehead atoms. The van der Waals surface area contributed by atoms with Crippen molar-refractivity contribution in [3.63, 3.8) is 0 Å². The summed E-state index contributed by atoms with van der Waals surface area (Å²) in [6.07, 6.45) is 0. The second-order valence-corrected chi connectivity index (χ2v) is 6.41. The average Bonchev–Trinajstić information content (AvgIpc) is 2.69. The quantitative estimate of drug-likeness (QED) is 0.553. The lowest BCUT2D eigenvalue weighted by molar-refractivity contribution is 0.102. The Bertz CT molecular complexity index is 1180. The van der Waals surface area contributed by atoms with Crippen LogP contribution in [0.15, 0.2) is 77.6 Å². The van der Waals surface area contributed by atoms with Crippen LogP contribution in [0.2, 0.25) is 5.02 Å². The fourth-order valence-electron chi connectivity index (χ4n) is 2.74. The highest BCUT2D eigenvalue weighted by atomic mass is 35.5. The predicted molar refractivity (Wildman–Crippen MR) is 107 cm³/mol. The Labute approximate surface area is 159 Å². The lowest BCUT2D eigenvalue weighted by Gasteiger charge is -2.07. The summed E-state index contributed by atoms with van der Waals surface area (Å²) in [6.45, 7) is 0. The van der Waals surface area contributed by atoms with E-state index in [1.807, 2.05) is 6.07 Å². The summed E-state index contributed by atoms with van der Waals surface area (Å²) >= 11 is 5.84. The van der Waals surface area contributed by atoms with Gasteiger partial charge in [0.25, 0.3) is 11.5 Å². The first-order valence-corrected chi connectivity index (χ1v) is 8.64. The lowest BCUT2D eigenvalue weighted by Crippen LogP contribution is -2.11. The first kappa shape index (κ1) is 17.0. The molecule has 4 rings (SSSR count). The number of benzene rings is 3. The van der Waals surface area contributed by atoms with Gasteiger partial charge >= 0.3 is 0 Å². The van der Waals surface area contributed by atoms with Crippen LogP contribution in [-0.4, -0.2) is 15.9 Å². The third-order valence-corrected chi connectivity index (χ3v) is 4.39. The van der Waals surface area contributed by atoms with Gasteiger partial charge in [0, 0.05) is 21.8 Å². The molecule has 5 nitrogen and oxygen atoms in total. The Kier molecular flexibility index (Phi) is 4.44. The molecule has 0 aliphatic heterocycles. The Hall–Kier alpha value is -3.44. The molecular weight excluding hydrogens is 362 g/mol. The van der Waals surface area contributed by atoms with E-state index in [0.717, 1.165) is 5.56 Å². The summed E-state index contributed by atoms with van der Waals surface area (Å²) in [5.41, 5.74) is 2.36. The van der Waals surface area contributed by atoms with Crippen molar-refractivity contribution in [3.05, 3.63) is 93.7 Å². The van der Waals surface area contributed by atoms with E-state index in [2.05, 4.69) is 15.3 Å². The zero-order valence-corrected chi connectivity index (χ0v) is 14.8. The van der Waals surface area contributed by atoms with E-state index in [4.69, 9.17) is 11.6 Å². The number of amides is 1. The molecule has 1 amide bonds. The number of aromatic nitrogens is 2. The van der Waals surface area contributed by atoms with Gasteiger partial charge in [0.2, 0.25) is 0 Å². The molecule has 6 heteroatoms. The number of fused-ring (bicyclic) bond motifs is 1. The van der Waals surface area contributed by atoms with E-state index in [0.29, 0.717) is 33.0 Å². The van der Waals surface area contributed by atoms with Crippen LogP contribution in [0.1, 0.15) is 10.4 Å². The maximum absolute atomic E-state index is 12.3. The van der Waals surface area contributed by atoms with Gasteiger partial charge in [-0.2, -0.15) is 0 Å². The molecule has 1 aromatic heterocycles. The van der Waals surface area contributed by atoms with Crippen LogP contribution in [-0.2, 0) is 0 Å². The number of H-pyrrole nitrogens is 1. The van der Waals surface area contributed by atoms with Gasteiger partial charge in [0.1, 0.15) is 5.82 Å². The second-order valence-electron chi connectivity index (χ2n) is 5.97. The van der Waals surface area contributed by atoms with Crippen molar-refractivity contribution in [2.75, 3.05) is 5.32 Å². The van der Waals surface area contributed by atoms with E-state index in [-0.39, 0.29) is 11.5 Å². The van der Waals surface area contributed by atoms with Crippen LogP contribution >= 0.6 is 11.6 Å². The van der Waals surface area contributed by atoms with Crippen molar-refractivity contribution >= 4 is 34.1 Å². The third-order valence-electron chi connectivity index (χ3n) is 4.14. The van der Waals surface area contributed by atoms with Gasteiger partial charge in [-0.05, 0) is 60.7 Å². The Morgan fingerprint density at radius 3 is 2.37 bits per heavy atom. The number of hydrogen-bond donors (Lipinski definition) is 2. The number of hydrogen-bond acceptors (Lipinski definition) is 3. The maximum Gasteiger partial charge on any atom is 0.259 e. The van der Waals surface area contributed by atoms with E-state index >= 15 is 0 Å². The number of carbonyl (C=O) groups is 1. The zero-order valence-electron chi connectivity index (χ0n) is 14.1. The molecule has 0 radical (unpaired) electrons. The normalized spacial score (nSPS) is 10.7. The fraction of sp³-hybridized carbons (Fsp3) is 0. The van der Waals surface area contributed by atoms with E-state index in [1.54, 1.807) is 66.7 Å². The molecule has 2 N–H and O–H groups in total. The van der Waals surface area contributed by atoms with Gasteiger partial charge in [0.05, 0.1) is 10.9 Å². The molecule has 0 saturated heterocycles. The summed E-state index contributed by atoms with van der Waals surface area (Å²) in [7, 11) is 0. The predicted octanol–water partition coefficient (Wildman–Crippen LogP) is 4.50. The van der Waals surface area contributed by atoms with Crippen molar-refractivity contribution in [1.82, 2.24) is 9.97 Å². The van der Waals surface area contributed by atoms with Crippen molar-refractivity contribution in [2.45, 2.75) is 0 Å². The molecule has 0 saturated carbocycles. The topological polar surface area (TPSA) is 74.8 Å². The number of para-hydroxylation sites is 1. The van der Waals surface area contributed by atoms with Gasteiger partial charge in [-0.25, -0.2) is 4.98 Å². The van der Waals surface area contributed by atoms with Crippen LogP contribution in [0.3, 0.4) is 0 Å². The monoisotopic (exact) mass is 375 g/mol. The minimum atomic E-state index is -0.225. The summed E-state index contributed by atoms with van der Waals surface area (Å²) in [5.74, 6) is 0.255. The molecule has 0 fully saturated rings. The number of anilines is 1. The number of carbonyl (C=O) groups excluding carboxylic acids is 1. The molecule has 4 aromatic rings. The summed E-state index contributed by atoms with van der Waals surface area (Å²) in [5, 5.41) is 3.95. The number of nitrogens with one attached hydrogen (secondary N) is 2. The second kappa shape index (κ2) is 7.05. The average molecular weight is 376 g/mol. The molecule has 0 unspecified atom stereocenters. The minimum absolute atomic E-state index is 0.185. The summed E-state index contributed by atoms with van der Waals surface area (Å²) in [4.78, 5) is 31.8. The highest BCUT2D eigenvalue weighted by Gasteiger charge is 2.08. The highest BCUT2D eigenvalue weighted by molar-refractivity contribution is 6.30. The highest BCUT2D eigenvalue weighted by Crippen LogP contribution is 2.19. The summed E-state index contributed by atoms with van der Waals surface area (Å²) in [6, 6.07) is 21.0. The maximum atomic E-state index is 12.3. The fourth-order valence-corrected chi connectivity index (χ4v) is 2.87. The van der Waals surface area contributed by atoms with Gasteiger partial charge < -0.3 is 10.3 Å². The van der Waals surface area contributed by atoms with Crippen molar-refractivity contribution < 1.29 is 4.79 Å². The van der Waals surface area contributed by atoms with Crippen LogP contribution < -0.4 is 10.9 Å². The molecule has 0 aliphatic carbocycles. The molecule has 27 heavy (non-hydrogen) atoms. The third kappa shape index (κ3) is 3.59. The largest absolute Gasteiger partial charge is 0.322 e. The zero-order chi connectivity index (χ0) is 18.8. The molecule has 3 aromatic carbocycles. The number of rotatable bonds is 3. The van der Waals surface area contributed by atoms with Crippen molar-refractivity contribution in [3.8, 4) is 11.4 Å². The van der Waals surface area contributed by atoms with Gasteiger partial charge in [-0.3, -0.25) is 9.59 Å². The molecule has 0 atom stereocenters. The standard InChI is InChI=1S/C21H14ClN3O2/c22-15-9-5-14(6-10-15)20(26)23-16-11-7-13(8-12-16)19-24-18-4-2-1-3-17(18)21(27)25-19/h1-12H,(H,23,26)(H,24,25,27). The van der Waals surface area contributed by atoms with E-state index in [1.165, 1.54) is 0 Å². The van der Waals surface area contributed by atoms with Crippen LogP contribution in [0.4, 0.5) is 5.69 Å². The van der Waals surface area contributed by atoms with E-state index < -0.39 is 0 Å². The SMILES string of the molecule is O=C(Nc1ccc(-c2nc3ccccc3c(=O)[nH]2)cc1)c1ccc(Cl)cc1. The van der Waals surface area contributed by atoms with Crippen LogP contribution in [0.25, 0.3) is 22.3 Å². The first-order valence-electron chi connectivity index (χ1n) is 8.26. The Morgan fingerprint density at radius 1 is 0.926 bits per heavy atom. The molecule has 132 valence electrons. The van der Waals surface area contributed by atoms with Crippen molar-refractivity contribution in [1.29, 1.82) is 0 Å². The van der Waals surface area contributed by atoms with Crippen molar-refractivity contribution in [2.24, 2.45) is 0 Å². The van der Waals surface area contributed by atoms with Gasteiger partial charge in [-0.15, -0.1) is 0 Å².